The molecule has 0 radical (unpaired) electrons. The van der Waals surface area contributed by atoms with Crippen LogP contribution in [0, 0.1) is 13.8 Å². The number of amides is 1. The lowest BCUT2D eigenvalue weighted by Gasteiger charge is -2.23. The van der Waals surface area contributed by atoms with Crippen LogP contribution in [-0.2, 0) is 10.0 Å². The number of aliphatic hydroxyl groups is 1. The van der Waals surface area contributed by atoms with Gasteiger partial charge in [-0.25, -0.2) is 18.1 Å². The molecule has 4 bridgehead atoms. The zero-order chi connectivity index (χ0) is 23.8. The topological polar surface area (TPSA) is 122 Å². The molecule has 1 aliphatic rings. The van der Waals surface area contributed by atoms with Crippen LogP contribution in [0.4, 0.5) is 5.95 Å². The molecule has 9 nitrogen and oxygen atoms in total. The quantitative estimate of drug-likeness (QED) is 0.592. The molecular formula is C23H24N4O5S. The summed E-state index contributed by atoms with van der Waals surface area (Å²) in [6, 6.07) is 13.1. The average Bonchev–Trinajstić information content (AvgIpc) is 2.77. The van der Waals surface area contributed by atoms with Crippen molar-refractivity contribution in [1.82, 2.24) is 14.9 Å². The zero-order valence-electron chi connectivity index (χ0n) is 18.4. The van der Waals surface area contributed by atoms with Crippen molar-refractivity contribution in [2.24, 2.45) is 0 Å². The van der Waals surface area contributed by atoms with Gasteiger partial charge in [0.25, 0.3) is 15.9 Å². The van der Waals surface area contributed by atoms with E-state index in [1.54, 1.807) is 13.1 Å². The second-order valence-electron chi connectivity index (χ2n) is 7.92. The Kier molecular flexibility index (Phi) is 6.05. The average molecular weight is 469 g/mol. The van der Waals surface area contributed by atoms with Crippen LogP contribution in [-0.4, -0.2) is 60.6 Å². The molecule has 1 unspecified atom stereocenters. The molecule has 2 N–H and O–H groups in total. The lowest BCUT2D eigenvalue weighted by Crippen LogP contribution is -2.39. The van der Waals surface area contributed by atoms with Crippen LogP contribution < -0.4 is 9.46 Å². The summed E-state index contributed by atoms with van der Waals surface area (Å²) in [5.74, 6) is -0.500. The van der Waals surface area contributed by atoms with Gasteiger partial charge in [-0.3, -0.25) is 4.79 Å². The van der Waals surface area contributed by atoms with E-state index < -0.39 is 22.0 Å². The number of hydrogen-bond acceptors (Lipinski definition) is 7. The van der Waals surface area contributed by atoms with Crippen molar-refractivity contribution >= 4 is 21.9 Å². The molecule has 0 saturated carbocycles. The maximum atomic E-state index is 13.1. The number of aryl methyl sites for hydroxylation is 2. The number of fused-ring (bicyclic) bond motifs is 4. The van der Waals surface area contributed by atoms with Crippen LogP contribution in [0.1, 0.15) is 21.5 Å². The molecule has 10 heteroatoms. The van der Waals surface area contributed by atoms with E-state index in [0.717, 1.165) is 16.7 Å². The Hall–Kier alpha value is -3.50. The second kappa shape index (κ2) is 8.80. The van der Waals surface area contributed by atoms with E-state index in [1.165, 1.54) is 29.2 Å². The van der Waals surface area contributed by atoms with Gasteiger partial charge in [-0.2, -0.15) is 4.98 Å². The van der Waals surface area contributed by atoms with Crippen molar-refractivity contribution < 1.29 is 23.1 Å². The number of benzene rings is 2. The number of likely N-dealkylation sites (N-methyl/N-ethyl adjacent to an activating group) is 1. The van der Waals surface area contributed by atoms with Gasteiger partial charge in [-0.15, -0.1) is 0 Å². The van der Waals surface area contributed by atoms with E-state index in [-0.39, 0.29) is 35.4 Å². The molecule has 1 atom stereocenters. The molecule has 4 rings (SSSR count). The first-order chi connectivity index (χ1) is 15.7. The predicted molar refractivity (Wildman–Crippen MR) is 123 cm³/mol. The normalized spacial score (nSPS) is 17.8. The van der Waals surface area contributed by atoms with Gasteiger partial charge >= 0.3 is 0 Å². The Labute approximate surface area is 192 Å². The number of aromatic nitrogens is 2. The predicted octanol–water partition coefficient (Wildman–Crippen LogP) is 2.39. The van der Waals surface area contributed by atoms with Crippen LogP contribution in [0.2, 0.25) is 0 Å². The molecule has 1 aromatic heterocycles. The lowest BCUT2D eigenvalue weighted by molar-refractivity contribution is 0.0591. The number of ether oxygens (including phenoxy) is 1. The van der Waals surface area contributed by atoms with Gasteiger partial charge in [0.15, 0.2) is 0 Å². The van der Waals surface area contributed by atoms with Crippen molar-refractivity contribution in [2.45, 2.75) is 24.8 Å². The Bertz CT molecular complexity index is 1310. The minimum Gasteiger partial charge on any atom is -0.470 e. The first-order valence-corrected chi connectivity index (χ1v) is 11.8. The number of nitrogens with zero attached hydrogens (tertiary/aromatic N) is 3. The van der Waals surface area contributed by atoms with Crippen LogP contribution >= 0.6 is 0 Å². The van der Waals surface area contributed by atoms with E-state index in [2.05, 4.69) is 14.7 Å². The largest absolute Gasteiger partial charge is 0.470 e. The third-order valence-electron chi connectivity index (χ3n) is 5.37. The molecule has 3 aromatic rings. The maximum absolute atomic E-state index is 13.1. The molecule has 1 amide bonds. The summed E-state index contributed by atoms with van der Waals surface area (Å²) in [6.07, 6.45) is -0.784. The summed E-state index contributed by atoms with van der Waals surface area (Å²) in [6.45, 7) is 3.55. The van der Waals surface area contributed by atoms with E-state index >= 15 is 0 Å². The van der Waals surface area contributed by atoms with Gasteiger partial charge in [0.1, 0.15) is 6.10 Å². The van der Waals surface area contributed by atoms with Gasteiger partial charge in [-0.05, 0) is 43.2 Å². The number of rotatable bonds is 2. The Balaban J connectivity index is 1.90. The van der Waals surface area contributed by atoms with E-state index in [9.17, 15) is 18.3 Å². The number of nitrogens with one attached hydrogen (secondary N) is 1. The van der Waals surface area contributed by atoms with Crippen molar-refractivity contribution in [3.63, 3.8) is 0 Å². The van der Waals surface area contributed by atoms with Gasteiger partial charge < -0.3 is 14.7 Å². The minimum absolute atomic E-state index is 0.0673. The van der Waals surface area contributed by atoms with Gasteiger partial charge in [-0.1, -0.05) is 24.3 Å². The standard InChI is InChI=1S/C23H24N4O5S/c1-14-6-4-7-15(2)21(14)19-11-20-25-23(24-19)26-33(30,31)18-9-5-8-16(10-18)22(29)27(3)12-17(13-28)32-20/h4-11,17,28H,12-13H2,1-3H3,(H,24,25,26). The Morgan fingerprint density at radius 3 is 2.52 bits per heavy atom. The number of carbonyl (C=O) groups is 1. The molecule has 1 aliphatic heterocycles. The van der Waals surface area contributed by atoms with Crippen LogP contribution in [0.15, 0.2) is 53.4 Å². The van der Waals surface area contributed by atoms with E-state index in [1.807, 2.05) is 32.0 Å². The van der Waals surface area contributed by atoms with Gasteiger partial charge in [0, 0.05) is 24.2 Å². The highest BCUT2D eigenvalue weighted by Crippen LogP contribution is 2.30. The summed E-state index contributed by atoms with van der Waals surface area (Å²) in [5.41, 5.74) is 3.38. The third-order valence-corrected chi connectivity index (χ3v) is 6.70. The number of aliphatic hydroxyl groups excluding tert-OH is 1. The summed E-state index contributed by atoms with van der Waals surface area (Å²) < 4.78 is 34.4. The lowest BCUT2D eigenvalue weighted by atomic mass is 10.00. The summed E-state index contributed by atoms with van der Waals surface area (Å²) in [7, 11) is -2.53. The zero-order valence-corrected chi connectivity index (χ0v) is 19.3. The van der Waals surface area contributed by atoms with E-state index in [0.29, 0.717) is 5.69 Å². The molecule has 33 heavy (non-hydrogen) atoms. The third kappa shape index (κ3) is 4.67. The fraction of sp³-hybridized carbons (Fsp3) is 0.261. The van der Waals surface area contributed by atoms with Crippen LogP contribution in [0.5, 0.6) is 5.88 Å². The number of sulfonamides is 1. The summed E-state index contributed by atoms with van der Waals surface area (Å²) in [5, 5.41) is 9.87. The van der Waals surface area contributed by atoms with Gasteiger partial charge in [0.2, 0.25) is 11.8 Å². The van der Waals surface area contributed by atoms with E-state index in [4.69, 9.17) is 4.74 Å². The minimum atomic E-state index is -4.09. The smallest absolute Gasteiger partial charge is 0.264 e. The highest BCUT2D eigenvalue weighted by Gasteiger charge is 2.24. The molecule has 0 aliphatic carbocycles. The number of carbonyl (C=O) groups excluding carboxylic acids is 1. The van der Waals surface area contributed by atoms with Crippen molar-refractivity contribution in [3.8, 4) is 17.1 Å². The second-order valence-corrected chi connectivity index (χ2v) is 9.61. The molecule has 2 aromatic carbocycles. The fourth-order valence-electron chi connectivity index (χ4n) is 3.76. The van der Waals surface area contributed by atoms with Crippen LogP contribution in [0.3, 0.4) is 0 Å². The number of anilines is 1. The first kappa shape index (κ1) is 22.7. The highest BCUT2D eigenvalue weighted by molar-refractivity contribution is 7.92. The fourth-order valence-corrected chi connectivity index (χ4v) is 4.75. The monoisotopic (exact) mass is 468 g/mol. The molecule has 172 valence electrons. The van der Waals surface area contributed by atoms with Crippen LogP contribution in [0.25, 0.3) is 11.3 Å². The molecule has 0 spiro atoms. The Morgan fingerprint density at radius 1 is 1.12 bits per heavy atom. The highest BCUT2D eigenvalue weighted by atomic mass is 32.2. The van der Waals surface area contributed by atoms with Gasteiger partial charge in [0.05, 0.1) is 23.7 Å². The first-order valence-electron chi connectivity index (χ1n) is 10.3. The molecule has 0 fully saturated rings. The summed E-state index contributed by atoms with van der Waals surface area (Å²) in [4.78, 5) is 22.8. The summed E-state index contributed by atoms with van der Waals surface area (Å²) >= 11 is 0. The SMILES string of the molecule is Cc1cccc(C)c1-c1cc2nc(n1)NS(=O)(=O)c1cccc(c1)C(=O)N(C)CC(CO)O2. The molecule has 2 heterocycles. The molecular weight excluding hydrogens is 444 g/mol. The maximum Gasteiger partial charge on any atom is 0.264 e. The van der Waals surface area contributed by atoms with Crippen molar-refractivity contribution in [1.29, 1.82) is 0 Å². The number of hydrogen-bond donors (Lipinski definition) is 2. The molecule has 0 saturated heterocycles. The van der Waals surface area contributed by atoms with Crippen molar-refractivity contribution in [2.75, 3.05) is 24.9 Å². The Morgan fingerprint density at radius 2 is 1.82 bits per heavy atom. The van der Waals surface area contributed by atoms with Crippen molar-refractivity contribution in [3.05, 3.63) is 65.2 Å².